The third-order valence-electron chi connectivity index (χ3n) is 3.75. The van der Waals surface area contributed by atoms with Gasteiger partial charge in [0, 0.05) is 5.97 Å². The molecule has 2 saturated carbocycles. The quantitative estimate of drug-likeness (QED) is 0.563. The van der Waals surface area contributed by atoms with Gasteiger partial charge in [0.15, 0.2) is 0 Å². The molecule has 0 heterocycles. The summed E-state index contributed by atoms with van der Waals surface area (Å²) in [7, 11) is 0. The Balaban J connectivity index is 0.00000162. The van der Waals surface area contributed by atoms with E-state index in [1.807, 2.05) is 0 Å². The summed E-state index contributed by atoms with van der Waals surface area (Å²) in [6.45, 7) is -0.297. The van der Waals surface area contributed by atoms with Crippen molar-refractivity contribution >= 4 is 5.97 Å². The van der Waals surface area contributed by atoms with E-state index in [0.29, 0.717) is 25.7 Å². The molecule has 98 valence electrons. The van der Waals surface area contributed by atoms with E-state index in [0.717, 1.165) is 0 Å². The van der Waals surface area contributed by atoms with Crippen LogP contribution in [0.2, 0.25) is 0 Å². The molecule has 0 saturated heterocycles. The first-order valence-corrected chi connectivity index (χ1v) is 5.69. The van der Waals surface area contributed by atoms with Crippen LogP contribution in [0.15, 0.2) is 0 Å². The molecule has 3 nitrogen and oxygen atoms in total. The molecule has 7 heteroatoms. The maximum absolute atomic E-state index is 11.8. The third-order valence-corrected chi connectivity index (χ3v) is 3.75. The topological polar surface area (TPSA) is 49.4 Å². The van der Waals surface area contributed by atoms with Gasteiger partial charge in [0.2, 0.25) is 0 Å². The van der Waals surface area contributed by atoms with Crippen LogP contribution in [0.25, 0.3) is 0 Å². The van der Waals surface area contributed by atoms with Crippen LogP contribution in [0.3, 0.4) is 0 Å². The summed E-state index contributed by atoms with van der Waals surface area (Å²) in [6.07, 6.45) is -2.65. The van der Waals surface area contributed by atoms with Gasteiger partial charge in [-0.05, 0) is 37.0 Å². The van der Waals surface area contributed by atoms with E-state index < -0.39 is 18.6 Å². The second-order valence-electron chi connectivity index (χ2n) is 5.19. The van der Waals surface area contributed by atoms with Gasteiger partial charge in [-0.3, -0.25) is 0 Å². The number of carbonyl (C=O) groups is 1. The SMILES string of the molecule is O=C([O-])C1CC2(CC(OCCC(F)(F)F)C2)C1.[Li+]. The summed E-state index contributed by atoms with van der Waals surface area (Å²) >= 11 is 0. The van der Waals surface area contributed by atoms with Crippen LogP contribution in [0.1, 0.15) is 32.1 Å². The Bertz CT molecular complexity index is 305. The minimum absolute atomic E-state index is 0. The van der Waals surface area contributed by atoms with Gasteiger partial charge in [0.05, 0.1) is 19.1 Å². The first kappa shape index (κ1) is 15.9. The fourth-order valence-electron chi connectivity index (χ4n) is 2.85. The Hall–Kier alpha value is -0.183. The molecule has 0 aromatic rings. The van der Waals surface area contributed by atoms with Gasteiger partial charge in [0.1, 0.15) is 0 Å². The summed E-state index contributed by atoms with van der Waals surface area (Å²) in [6, 6.07) is 0. The number of hydrogen-bond acceptors (Lipinski definition) is 3. The van der Waals surface area contributed by atoms with Gasteiger partial charge in [-0.25, -0.2) is 0 Å². The fraction of sp³-hybridized carbons (Fsp3) is 0.909. The van der Waals surface area contributed by atoms with Crippen molar-refractivity contribution in [2.75, 3.05) is 6.61 Å². The minimum Gasteiger partial charge on any atom is -0.550 e. The number of rotatable bonds is 4. The largest absolute Gasteiger partial charge is 1.00 e. The number of ether oxygens (including phenoxy) is 1. The molecular formula is C11H14F3LiO3. The molecular weight excluding hydrogens is 244 g/mol. The second kappa shape index (κ2) is 5.44. The molecule has 0 amide bonds. The normalized spacial score (nSPS) is 34.4. The van der Waals surface area contributed by atoms with Crippen LogP contribution in [0.5, 0.6) is 0 Å². The van der Waals surface area contributed by atoms with Crippen LogP contribution in [0, 0.1) is 11.3 Å². The van der Waals surface area contributed by atoms with E-state index in [-0.39, 0.29) is 42.9 Å². The summed E-state index contributed by atoms with van der Waals surface area (Å²) in [4.78, 5) is 10.5. The van der Waals surface area contributed by atoms with Crippen molar-refractivity contribution in [2.45, 2.75) is 44.4 Å². The van der Waals surface area contributed by atoms with E-state index in [1.165, 1.54) is 0 Å². The molecule has 0 unspecified atom stereocenters. The Labute approximate surface area is 115 Å². The number of carboxylic acids is 1. The molecule has 0 aliphatic heterocycles. The average Bonchev–Trinajstić information content (AvgIpc) is 2.02. The van der Waals surface area contributed by atoms with Crippen LogP contribution in [-0.2, 0) is 9.53 Å². The molecule has 0 atom stereocenters. The number of aliphatic carboxylic acids is 1. The maximum Gasteiger partial charge on any atom is 1.00 e. The predicted molar refractivity (Wildman–Crippen MR) is 49.8 cm³/mol. The smallest absolute Gasteiger partial charge is 0.550 e. The maximum atomic E-state index is 11.8. The zero-order chi connectivity index (χ0) is 12.7. The van der Waals surface area contributed by atoms with Crippen molar-refractivity contribution in [3.05, 3.63) is 0 Å². The van der Waals surface area contributed by atoms with Crippen molar-refractivity contribution in [1.29, 1.82) is 0 Å². The van der Waals surface area contributed by atoms with Gasteiger partial charge in [-0.1, -0.05) is 0 Å². The Morgan fingerprint density at radius 2 is 1.83 bits per heavy atom. The standard InChI is InChI=1S/C11H15F3O3.Li/c12-11(13,14)1-2-17-8-5-10(6-8)3-7(4-10)9(15)16;/h7-8H,1-6H2,(H,15,16);/q;+1/p-1. The molecule has 0 aromatic heterocycles. The first-order valence-electron chi connectivity index (χ1n) is 5.69. The molecule has 0 N–H and O–H groups in total. The van der Waals surface area contributed by atoms with Crippen LogP contribution in [-0.4, -0.2) is 24.9 Å². The predicted octanol–water partition coefficient (Wildman–Crippen LogP) is -1.73. The molecule has 2 aliphatic rings. The monoisotopic (exact) mass is 258 g/mol. The summed E-state index contributed by atoms with van der Waals surface area (Å²) in [5.41, 5.74) is 0.0215. The van der Waals surface area contributed by atoms with Crippen molar-refractivity contribution in [2.24, 2.45) is 11.3 Å². The molecule has 18 heavy (non-hydrogen) atoms. The number of carbonyl (C=O) groups excluding carboxylic acids is 1. The van der Waals surface area contributed by atoms with Crippen molar-refractivity contribution in [3.63, 3.8) is 0 Å². The van der Waals surface area contributed by atoms with Crippen molar-refractivity contribution < 1.29 is 46.7 Å². The molecule has 2 aliphatic carbocycles. The van der Waals surface area contributed by atoms with Gasteiger partial charge in [0.25, 0.3) is 0 Å². The van der Waals surface area contributed by atoms with Crippen LogP contribution >= 0.6 is 0 Å². The van der Waals surface area contributed by atoms with E-state index in [9.17, 15) is 23.1 Å². The molecule has 0 aromatic carbocycles. The molecule has 2 rings (SSSR count). The van der Waals surface area contributed by atoms with E-state index in [2.05, 4.69) is 0 Å². The fourth-order valence-corrected chi connectivity index (χ4v) is 2.85. The number of carboxylic acid groups (broad SMARTS) is 1. The van der Waals surface area contributed by atoms with E-state index in [1.54, 1.807) is 0 Å². The Morgan fingerprint density at radius 1 is 1.28 bits per heavy atom. The second-order valence-corrected chi connectivity index (χ2v) is 5.19. The van der Waals surface area contributed by atoms with Gasteiger partial charge in [-0.2, -0.15) is 13.2 Å². The first-order chi connectivity index (χ1) is 7.80. The Morgan fingerprint density at radius 3 is 2.28 bits per heavy atom. The summed E-state index contributed by atoms with van der Waals surface area (Å²) < 4.78 is 40.6. The van der Waals surface area contributed by atoms with Gasteiger partial charge < -0.3 is 14.6 Å². The Kier molecular flexibility index (Phi) is 4.80. The zero-order valence-corrected chi connectivity index (χ0v) is 10.3. The number of halogens is 3. The van der Waals surface area contributed by atoms with Crippen LogP contribution in [0.4, 0.5) is 13.2 Å². The third kappa shape index (κ3) is 3.66. The zero-order valence-electron chi connectivity index (χ0n) is 10.3. The van der Waals surface area contributed by atoms with E-state index in [4.69, 9.17) is 4.74 Å². The summed E-state index contributed by atoms with van der Waals surface area (Å²) in [5, 5.41) is 10.5. The average molecular weight is 258 g/mol. The molecule has 1 spiro atoms. The molecule has 0 bridgehead atoms. The molecule has 0 radical (unpaired) electrons. The number of alkyl halides is 3. The van der Waals surface area contributed by atoms with E-state index >= 15 is 0 Å². The van der Waals surface area contributed by atoms with Gasteiger partial charge in [-0.15, -0.1) is 0 Å². The van der Waals surface area contributed by atoms with Crippen molar-refractivity contribution in [3.8, 4) is 0 Å². The van der Waals surface area contributed by atoms with Crippen molar-refractivity contribution in [1.82, 2.24) is 0 Å². The van der Waals surface area contributed by atoms with Crippen LogP contribution < -0.4 is 24.0 Å². The van der Waals surface area contributed by atoms with Gasteiger partial charge >= 0.3 is 25.0 Å². The minimum atomic E-state index is -4.17. The number of hydrogen-bond donors (Lipinski definition) is 0. The molecule has 2 fully saturated rings. The summed E-state index contributed by atoms with van der Waals surface area (Å²) in [5.74, 6) is -1.39.